The van der Waals surface area contributed by atoms with Gasteiger partial charge in [0.2, 0.25) is 0 Å². The van der Waals surface area contributed by atoms with E-state index in [2.05, 4.69) is 16.5 Å². The standard InChI is InChI=1S/C14H18N2O/c1-5-16-12-9-7-6-8-11(12)15-13(16)14(3,4)10(2)17/h6-9H,5H2,1-4H3. The number of para-hydroxylation sites is 2. The van der Waals surface area contributed by atoms with E-state index in [-0.39, 0.29) is 5.78 Å². The van der Waals surface area contributed by atoms with Crippen LogP contribution in [0.25, 0.3) is 11.0 Å². The number of fused-ring (bicyclic) bond motifs is 1. The molecule has 0 unspecified atom stereocenters. The number of aromatic nitrogens is 2. The molecule has 0 radical (unpaired) electrons. The Morgan fingerprint density at radius 3 is 2.59 bits per heavy atom. The first-order valence-electron chi connectivity index (χ1n) is 5.95. The van der Waals surface area contributed by atoms with Gasteiger partial charge in [-0.2, -0.15) is 0 Å². The number of imidazole rings is 1. The van der Waals surface area contributed by atoms with Gasteiger partial charge in [0.1, 0.15) is 11.6 Å². The number of carbonyl (C=O) groups excluding carboxylic acids is 1. The fourth-order valence-electron chi connectivity index (χ4n) is 2.03. The molecule has 0 saturated heterocycles. The zero-order valence-electron chi connectivity index (χ0n) is 10.8. The third-order valence-corrected chi connectivity index (χ3v) is 3.41. The van der Waals surface area contributed by atoms with Gasteiger partial charge in [-0.15, -0.1) is 0 Å². The maximum atomic E-state index is 11.8. The number of Topliss-reactive ketones (excluding diaryl/α,β-unsaturated/α-hetero) is 1. The van der Waals surface area contributed by atoms with Gasteiger partial charge in [-0.3, -0.25) is 4.79 Å². The van der Waals surface area contributed by atoms with Crippen molar-refractivity contribution in [1.82, 2.24) is 9.55 Å². The van der Waals surface area contributed by atoms with E-state index in [4.69, 9.17) is 0 Å². The summed E-state index contributed by atoms with van der Waals surface area (Å²) in [6.07, 6.45) is 0. The Labute approximate surface area is 101 Å². The summed E-state index contributed by atoms with van der Waals surface area (Å²) in [4.78, 5) is 16.4. The van der Waals surface area contributed by atoms with Crippen LogP contribution in [0, 0.1) is 0 Å². The number of carbonyl (C=O) groups is 1. The first-order chi connectivity index (χ1) is 7.98. The van der Waals surface area contributed by atoms with Crippen LogP contribution in [0.2, 0.25) is 0 Å². The lowest BCUT2D eigenvalue weighted by molar-refractivity contribution is -0.121. The minimum absolute atomic E-state index is 0.141. The predicted octanol–water partition coefficient (Wildman–Crippen LogP) is 2.92. The molecular formula is C14H18N2O. The lowest BCUT2D eigenvalue weighted by Crippen LogP contribution is -2.30. The van der Waals surface area contributed by atoms with Crippen LogP contribution in [0.1, 0.15) is 33.5 Å². The van der Waals surface area contributed by atoms with E-state index < -0.39 is 5.41 Å². The number of hydrogen-bond donors (Lipinski definition) is 0. The molecule has 0 atom stereocenters. The number of benzene rings is 1. The zero-order valence-corrected chi connectivity index (χ0v) is 10.8. The van der Waals surface area contributed by atoms with Gasteiger partial charge in [0.25, 0.3) is 0 Å². The van der Waals surface area contributed by atoms with E-state index in [1.807, 2.05) is 38.1 Å². The molecule has 0 amide bonds. The predicted molar refractivity (Wildman–Crippen MR) is 69.1 cm³/mol. The van der Waals surface area contributed by atoms with Gasteiger partial charge in [0.05, 0.1) is 16.4 Å². The van der Waals surface area contributed by atoms with Crippen LogP contribution in [-0.2, 0) is 16.8 Å². The highest BCUT2D eigenvalue weighted by molar-refractivity contribution is 5.87. The van der Waals surface area contributed by atoms with Gasteiger partial charge in [-0.25, -0.2) is 4.98 Å². The molecule has 2 aromatic rings. The van der Waals surface area contributed by atoms with Gasteiger partial charge in [0, 0.05) is 6.54 Å². The number of nitrogens with zero attached hydrogens (tertiary/aromatic N) is 2. The third kappa shape index (κ3) is 1.75. The molecular weight excluding hydrogens is 212 g/mol. The number of hydrogen-bond acceptors (Lipinski definition) is 2. The van der Waals surface area contributed by atoms with Gasteiger partial charge in [0.15, 0.2) is 0 Å². The summed E-state index contributed by atoms with van der Waals surface area (Å²) in [5.41, 5.74) is 1.52. The van der Waals surface area contributed by atoms with Gasteiger partial charge >= 0.3 is 0 Å². The van der Waals surface area contributed by atoms with Gasteiger partial charge in [-0.1, -0.05) is 12.1 Å². The molecule has 0 saturated carbocycles. The van der Waals surface area contributed by atoms with Crippen molar-refractivity contribution in [2.45, 2.75) is 39.7 Å². The third-order valence-electron chi connectivity index (χ3n) is 3.41. The fourth-order valence-corrected chi connectivity index (χ4v) is 2.03. The highest BCUT2D eigenvalue weighted by Crippen LogP contribution is 2.27. The van der Waals surface area contributed by atoms with Crippen molar-refractivity contribution in [2.75, 3.05) is 0 Å². The molecule has 0 fully saturated rings. The second-order valence-electron chi connectivity index (χ2n) is 4.85. The van der Waals surface area contributed by atoms with Crippen molar-refractivity contribution in [3.05, 3.63) is 30.1 Å². The second kappa shape index (κ2) is 3.99. The monoisotopic (exact) mass is 230 g/mol. The average molecular weight is 230 g/mol. The van der Waals surface area contributed by atoms with Crippen molar-refractivity contribution in [2.24, 2.45) is 0 Å². The van der Waals surface area contributed by atoms with Crippen molar-refractivity contribution in [1.29, 1.82) is 0 Å². The summed E-state index contributed by atoms with van der Waals surface area (Å²) in [6.45, 7) is 8.39. The summed E-state index contributed by atoms with van der Waals surface area (Å²) >= 11 is 0. The average Bonchev–Trinajstić information content (AvgIpc) is 2.67. The SMILES string of the molecule is CCn1c(C(C)(C)C(C)=O)nc2ccccc21. The molecule has 3 heteroatoms. The molecule has 3 nitrogen and oxygen atoms in total. The second-order valence-corrected chi connectivity index (χ2v) is 4.85. The summed E-state index contributed by atoms with van der Waals surface area (Å²) in [7, 11) is 0. The van der Waals surface area contributed by atoms with E-state index in [1.165, 1.54) is 0 Å². The normalized spacial score (nSPS) is 12.0. The van der Waals surface area contributed by atoms with Crippen LogP contribution in [0.5, 0.6) is 0 Å². The molecule has 0 spiro atoms. The molecule has 1 aromatic carbocycles. The molecule has 0 aliphatic heterocycles. The lowest BCUT2D eigenvalue weighted by atomic mass is 9.88. The maximum absolute atomic E-state index is 11.8. The molecule has 0 aliphatic rings. The van der Waals surface area contributed by atoms with Crippen LogP contribution >= 0.6 is 0 Å². The first-order valence-corrected chi connectivity index (χ1v) is 5.95. The summed E-state index contributed by atoms with van der Waals surface area (Å²) in [6, 6.07) is 8.01. The maximum Gasteiger partial charge on any atom is 0.142 e. The molecule has 17 heavy (non-hydrogen) atoms. The van der Waals surface area contributed by atoms with Crippen molar-refractivity contribution in [3.63, 3.8) is 0 Å². The highest BCUT2D eigenvalue weighted by atomic mass is 16.1. The molecule has 0 bridgehead atoms. The Morgan fingerprint density at radius 2 is 2.00 bits per heavy atom. The molecule has 1 heterocycles. The molecule has 2 rings (SSSR count). The summed E-state index contributed by atoms with van der Waals surface area (Å²) < 4.78 is 2.12. The largest absolute Gasteiger partial charge is 0.327 e. The van der Waals surface area contributed by atoms with E-state index in [0.717, 1.165) is 23.4 Å². The smallest absolute Gasteiger partial charge is 0.142 e. The van der Waals surface area contributed by atoms with Crippen LogP contribution in [0.3, 0.4) is 0 Å². The van der Waals surface area contributed by atoms with Gasteiger partial charge in [-0.05, 0) is 39.8 Å². The first kappa shape index (κ1) is 11.8. The number of aryl methyl sites for hydroxylation is 1. The molecule has 0 aliphatic carbocycles. The van der Waals surface area contributed by atoms with Crippen molar-refractivity contribution >= 4 is 16.8 Å². The Bertz CT molecular complexity index is 567. The molecule has 90 valence electrons. The molecule has 1 aromatic heterocycles. The fraction of sp³-hybridized carbons (Fsp3) is 0.429. The minimum Gasteiger partial charge on any atom is -0.327 e. The Hall–Kier alpha value is -1.64. The Kier molecular flexibility index (Phi) is 2.77. The zero-order chi connectivity index (χ0) is 12.6. The molecule has 0 N–H and O–H groups in total. The van der Waals surface area contributed by atoms with Crippen molar-refractivity contribution in [3.8, 4) is 0 Å². The van der Waals surface area contributed by atoms with Crippen LogP contribution in [0.15, 0.2) is 24.3 Å². The van der Waals surface area contributed by atoms with Gasteiger partial charge < -0.3 is 4.57 Å². The van der Waals surface area contributed by atoms with Crippen molar-refractivity contribution < 1.29 is 4.79 Å². The Morgan fingerprint density at radius 1 is 1.35 bits per heavy atom. The Balaban J connectivity index is 2.74. The summed E-state index contributed by atoms with van der Waals surface area (Å²) in [5, 5.41) is 0. The van der Waals surface area contributed by atoms with Crippen LogP contribution in [0.4, 0.5) is 0 Å². The lowest BCUT2D eigenvalue weighted by Gasteiger charge is -2.21. The quantitative estimate of drug-likeness (QED) is 0.812. The van der Waals surface area contributed by atoms with Crippen LogP contribution in [-0.4, -0.2) is 15.3 Å². The van der Waals surface area contributed by atoms with E-state index in [9.17, 15) is 4.79 Å². The summed E-state index contributed by atoms with van der Waals surface area (Å²) in [5.74, 6) is 0.996. The van der Waals surface area contributed by atoms with E-state index in [0.29, 0.717) is 0 Å². The minimum atomic E-state index is -0.533. The van der Waals surface area contributed by atoms with E-state index in [1.54, 1.807) is 6.92 Å². The highest BCUT2D eigenvalue weighted by Gasteiger charge is 2.31. The van der Waals surface area contributed by atoms with E-state index >= 15 is 0 Å². The van der Waals surface area contributed by atoms with Crippen LogP contribution < -0.4 is 0 Å². The number of rotatable bonds is 3. The number of ketones is 1. The topological polar surface area (TPSA) is 34.9 Å².